The van der Waals surface area contributed by atoms with Crippen molar-refractivity contribution in [2.75, 3.05) is 0 Å². The number of halogens is 1. The van der Waals surface area contributed by atoms with Gasteiger partial charge >= 0.3 is 0 Å². The first kappa shape index (κ1) is 7.11. The first-order valence-corrected chi connectivity index (χ1v) is 4.39. The topological polar surface area (TPSA) is 12.9 Å². The summed E-state index contributed by atoms with van der Waals surface area (Å²) in [6, 6.07) is 4.10. The minimum absolute atomic E-state index is 0.153. The summed E-state index contributed by atoms with van der Waals surface area (Å²) in [5, 5.41) is 0.153. The lowest BCUT2D eigenvalue weighted by Crippen LogP contribution is -2.06. The fourth-order valence-corrected chi connectivity index (χ4v) is 1.90. The van der Waals surface area contributed by atoms with Crippen LogP contribution in [-0.2, 0) is 6.42 Å². The van der Waals surface area contributed by atoms with Crippen molar-refractivity contribution in [2.24, 2.45) is 0 Å². The van der Waals surface area contributed by atoms with Crippen molar-refractivity contribution in [3.63, 3.8) is 0 Å². The minimum Gasteiger partial charge on any atom is -0.259 e. The first-order chi connectivity index (χ1) is 5.38. The van der Waals surface area contributed by atoms with E-state index < -0.39 is 0 Å². The molecule has 2 heteroatoms. The van der Waals surface area contributed by atoms with Gasteiger partial charge in [-0.1, -0.05) is 6.07 Å². The van der Waals surface area contributed by atoms with E-state index >= 15 is 0 Å². The first-order valence-electron chi connectivity index (χ1n) is 3.96. The number of hydrogen-bond donors (Lipinski definition) is 0. The van der Waals surface area contributed by atoms with E-state index in [1.54, 1.807) is 0 Å². The Balaban J connectivity index is 2.44. The van der Waals surface area contributed by atoms with Crippen LogP contribution in [0.3, 0.4) is 0 Å². The lowest BCUT2D eigenvalue weighted by Gasteiger charge is -2.18. The summed E-state index contributed by atoms with van der Waals surface area (Å²) < 4.78 is 0. The van der Waals surface area contributed by atoms with Gasteiger partial charge in [-0.15, -0.1) is 11.6 Å². The highest BCUT2D eigenvalue weighted by molar-refractivity contribution is 6.20. The van der Waals surface area contributed by atoms with Gasteiger partial charge in [0, 0.05) is 6.20 Å². The summed E-state index contributed by atoms with van der Waals surface area (Å²) in [5.41, 5.74) is 2.43. The summed E-state index contributed by atoms with van der Waals surface area (Å²) in [7, 11) is 0. The molecule has 0 saturated heterocycles. The molecule has 1 aliphatic rings. The van der Waals surface area contributed by atoms with Crippen molar-refractivity contribution in [2.45, 2.75) is 24.6 Å². The van der Waals surface area contributed by atoms with Gasteiger partial charge in [0.15, 0.2) is 0 Å². The molecule has 1 atom stereocenters. The maximum Gasteiger partial charge on any atom is 0.0760 e. The Morgan fingerprint density at radius 1 is 1.55 bits per heavy atom. The van der Waals surface area contributed by atoms with E-state index in [0.29, 0.717) is 0 Å². The fraction of sp³-hybridized carbons (Fsp3) is 0.444. The zero-order valence-electron chi connectivity index (χ0n) is 6.26. The zero-order chi connectivity index (χ0) is 7.68. The number of aryl methyl sites for hydroxylation is 1. The molecule has 1 aliphatic carbocycles. The number of nitrogens with zero attached hydrogens (tertiary/aromatic N) is 1. The zero-order valence-corrected chi connectivity index (χ0v) is 7.01. The van der Waals surface area contributed by atoms with E-state index in [4.69, 9.17) is 11.6 Å². The lowest BCUT2D eigenvalue weighted by molar-refractivity contribution is 0.649. The van der Waals surface area contributed by atoms with Crippen molar-refractivity contribution in [1.82, 2.24) is 4.98 Å². The molecular weight excluding hydrogens is 158 g/mol. The third-order valence-electron chi connectivity index (χ3n) is 2.13. The summed E-state index contributed by atoms with van der Waals surface area (Å²) in [5.74, 6) is 0. The predicted octanol–water partition coefficient (Wildman–Crippen LogP) is 2.70. The number of hydrogen-bond acceptors (Lipinski definition) is 1. The van der Waals surface area contributed by atoms with Gasteiger partial charge in [0.25, 0.3) is 0 Å². The third kappa shape index (κ3) is 1.25. The van der Waals surface area contributed by atoms with Crippen molar-refractivity contribution >= 4 is 11.6 Å². The fourth-order valence-electron chi connectivity index (χ4n) is 1.55. The van der Waals surface area contributed by atoms with Gasteiger partial charge in [0.05, 0.1) is 11.1 Å². The molecule has 0 bridgehead atoms. The maximum absolute atomic E-state index is 6.08. The Morgan fingerprint density at radius 3 is 3.27 bits per heavy atom. The number of fused-ring (bicyclic) bond motifs is 1. The Hall–Kier alpha value is -0.560. The van der Waals surface area contributed by atoms with Crippen LogP contribution in [0.5, 0.6) is 0 Å². The highest BCUT2D eigenvalue weighted by Crippen LogP contribution is 2.32. The standard InChI is InChI=1S/C9H10ClN/c10-8-5-1-3-7-4-2-6-11-9(7)8/h2,4,6,8H,1,3,5H2/t8-/m0/s1. The average molecular weight is 168 g/mol. The van der Waals surface area contributed by atoms with Crippen LogP contribution in [0, 0.1) is 0 Å². The van der Waals surface area contributed by atoms with E-state index in [1.165, 1.54) is 12.0 Å². The quantitative estimate of drug-likeness (QED) is 0.542. The molecule has 11 heavy (non-hydrogen) atoms. The number of alkyl halides is 1. The molecular formula is C9H10ClN. The van der Waals surface area contributed by atoms with E-state index in [1.807, 2.05) is 12.3 Å². The summed E-state index contributed by atoms with van der Waals surface area (Å²) in [6.45, 7) is 0. The molecule has 0 N–H and O–H groups in total. The van der Waals surface area contributed by atoms with Crippen LogP contribution in [0.25, 0.3) is 0 Å². The molecule has 0 spiro atoms. The van der Waals surface area contributed by atoms with Gasteiger partial charge in [-0.25, -0.2) is 0 Å². The largest absolute Gasteiger partial charge is 0.259 e. The van der Waals surface area contributed by atoms with Crippen LogP contribution < -0.4 is 0 Å². The Labute approximate surface area is 71.4 Å². The molecule has 0 aromatic carbocycles. The third-order valence-corrected chi connectivity index (χ3v) is 2.55. The van der Waals surface area contributed by atoms with Gasteiger partial charge in [-0.05, 0) is 30.9 Å². The number of pyridine rings is 1. The predicted molar refractivity (Wildman–Crippen MR) is 45.8 cm³/mol. The van der Waals surface area contributed by atoms with Crippen molar-refractivity contribution in [3.8, 4) is 0 Å². The van der Waals surface area contributed by atoms with Crippen molar-refractivity contribution in [1.29, 1.82) is 0 Å². The van der Waals surface area contributed by atoms with E-state index in [2.05, 4.69) is 11.1 Å². The molecule has 2 rings (SSSR count). The Kier molecular flexibility index (Phi) is 1.82. The van der Waals surface area contributed by atoms with E-state index in [0.717, 1.165) is 18.5 Å². The van der Waals surface area contributed by atoms with Gasteiger partial charge in [0.2, 0.25) is 0 Å². The smallest absolute Gasteiger partial charge is 0.0760 e. The van der Waals surface area contributed by atoms with Crippen LogP contribution in [0.1, 0.15) is 29.5 Å². The van der Waals surface area contributed by atoms with Crippen molar-refractivity contribution < 1.29 is 0 Å². The molecule has 0 saturated carbocycles. The van der Waals surface area contributed by atoms with Crippen LogP contribution >= 0.6 is 11.6 Å². The molecule has 0 fully saturated rings. The van der Waals surface area contributed by atoms with E-state index in [-0.39, 0.29) is 5.38 Å². The molecule has 0 unspecified atom stereocenters. The molecule has 1 nitrogen and oxygen atoms in total. The molecule has 1 aromatic rings. The molecule has 0 radical (unpaired) electrons. The summed E-state index contributed by atoms with van der Waals surface area (Å²) in [6.07, 6.45) is 5.24. The summed E-state index contributed by atoms with van der Waals surface area (Å²) in [4.78, 5) is 4.27. The summed E-state index contributed by atoms with van der Waals surface area (Å²) >= 11 is 6.08. The Morgan fingerprint density at radius 2 is 2.45 bits per heavy atom. The maximum atomic E-state index is 6.08. The highest BCUT2D eigenvalue weighted by Gasteiger charge is 2.17. The molecule has 0 amide bonds. The average Bonchev–Trinajstić information content (AvgIpc) is 2.06. The van der Waals surface area contributed by atoms with Gasteiger partial charge in [-0.3, -0.25) is 4.98 Å². The SMILES string of the molecule is Cl[C@H]1CCCc2cccnc21. The second kappa shape index (κ2) is 2.82. The van der Waals surface area contributed by atoms with Crippen LogP contribution in [0.15, 0.2) is 18.3 Å². The van der Waals surface area contributed by atoms with Crippen LogP contribution in [0.4, 0.5) is 0 Å². The second-order valence-electron chi connectivity index (χ2n) is 2.91. The lowest BCUT2D eigenvalue weighted by atomic mass is 9.96. The van der Waals surface area contributed by atoms with Gasteiger partial charge in [-0.2, -0.15) is 0 Å². The molecule has 1 aromatic heterocycles. The van der Waals surface area contributed by atoms with Crippen molar-refractivity contribution in [3.05, 3.63) is 29.6 Å². The van der Waals surface area contributed by atoms with Gasteiger partial charge in [0.1, 0.15) is 0 Å². The monoisotopic (exact) mass is 167 g/mol. The molecule has 58 valence electrons. The van der Waals surface area contributed by atoms with E-state index in [9.17, 15) is 0 Å². The minimum atomic E-state index is 0.153. The molecule has 0 aliphatic heterocycles. The highest BCUT2D eigenvalue weighted by atomic mass is 35.5. The number of aromatic nitrogens is 1. The second-order valence-corrected chi connectivity index (χ2v) is 3.43. The normalized spacial score (nSPS) is 22.8. The number of rotatable bonds is 0. The Bertz CT molecular complexity index is 259. The van der Waals surface area contributed by atoms with Crippen LogP contribution in [0.2, 0.25) is 0 Å². The van der Waals surface area contributed by atoms with Gasteiger partial charge < -0.3 is 0 Å². The molecule has 1 heterocycles. The van der Waals surface area contributed by atoms with Crippen LogP contribution in [-0.4, -0.2) is 4.98 Å².